The first kappa shape index (κ1) is 15.3. The molecule has 4 nitrogen and oxygen atoms in total. The van der Waals surface area contributed by atoms with E-state index < -0.39 is 7.12 Å². The van der Waals surface area contributed by atoms with Gasteiger partial charge in [0.25, 0.3) is 0 Å². The Bertz CT molecular complexity index is 505. The average molecular weight is 276 g/mol. The Hall–Kier alpha value is -1.07. The first-order valence-corrected chi connectivity index (χ1v) is 7.05. The van der Waals surface area contributed by atoms with Gasteiger partial charge in [-0.15, -0.1) is 0 Å². The molecule has 0 unspecified atom stereocenters. The maximum atomic E-state index is 6.18. The molecule has 1 saturated heterocycles. The van der Waals surface area contributed by atoms with Gasteiger partial charge in [-0.25, -0.2) is 0 Å². The second-order valence-corrected chi connectivity index (χ2v) is 7.54. The Kier molecular flexibility index (Phi) is 3.42. The molecule has 2 N–H and O–H groups in total. The summed E-state index contributed by atoms with van der Waals surface area (Å²) in [5, 5.41) is 0. The van der Waals surface area contributed by atoms with Crippen LogP contribution in [0.2, 0.25) is 0 Å². The fourth-order valence-electron chi connectivity index (χ4n) is 2.06. The van der Waals surface area contributed by atoms with Crippen LogP contribution in [-0.4, -0.2) is 23.3 Å². The maximum absolute atomic E-state index is 6.18. The monoisotopic (exact) mass is 276 g/mol. The van der Waals surface area contributed by atoms with Crippen molar-refractivity contribution in [1.29, 1.82) is 0 Å². The Morgan fingerprint density at radius 2 is 1.60 bits per heavy atom. The van der Waals surface area contributed by atoms with Crippen molar-refractivity contribution in [2.24, 2.45) is 0 Å². The molecular weight excluding hydrogens is 251 g/mol. The Labute approximate surface area is 122 Å². The van der Waals surface area contributed by atoms with Crippen LogP contribution < -0.4 is 11.2 Å². The number of nitrogens with two attached hydrogens (primary N) is 1. The normalized spacial score (nSPS) is 21.2. The van der Waals surface area contributed by atoms with Crippen LogP contribution in [0.25, 0.3) is 0 Å². The van der Waals surface area contributed by atoms with Crippen molar-refractivity contribution in [1.82, 2.24) is 4.98 Å². The van der Waals surface area contributed by atoms with E-state index in [0.717, 1.165) is 11.2 Å². The molecule has 110 valence electrons. The van der Waals surface area contributed by atoms with Gasteiger partial charge in [0, 0.05) is 28.5 Å². The van der Waals surface area contributed by atoms with E-state index in [-0.39, 0.29) is 16.6 Å². The van der Waals surface area contributed by atoms with E-state index in [1.54, 1.807) is 6.20 Å². The van der Waals surface area contributed by atoms with Gasteiger partial charge in [-0.3, -0.25) is 4.98 Å². The topological polar surface area (TPSA) is 57.4 Å². The molecular formula is C15H25BN2O2. The number of anilines is 1. The number of aromatic nitrogens is 1. The molecule has 0 spiro atoms. The highest BCUT2D eigenvalue weighted by Gasteiger charge is 2.52. The highest BCUT2D eigenvalue weighted by Crippen LogP contribution is 2.37. The van der Waals surface area contributed by atoms with E-state index in [0.29, 0.717) is 5.69 Å². The number of nitrogens with zero attached hydrogens (tertiary/aromatic N) is 1. The molecule has 0 bridgehead atoms. The van der Waals surface area contributed by atoms with E-state index in [1.807, 2.05) is 33.8 Å². The molecule has 0 aromatic carbocycles. The van der Waals surface area contributed by atoms with Gasteiger partial charge in [0.15, 0.2) is 0 Å². The standard InChI is InChI=1S/C15H25BN2O2/c1-13(2,3)12-8-11(17)10(9-18-12)16-19-14(4,5)15(6,7)20-16/h8-9H,1-7H3,(H2,17,18). The maximum Gasteiger partial charge on any atom is 0.498 e. The van der Waals surface area contributed by atoms with Gasteiger partial charge in [0.1, 0.15) is 0 Å². The highest BCUT2D eigenvalue weighted by molar-refractivity contribution is 6.63. The minimum atomic E-state index is -0.457. The minimum absolute atomic E-state index is 0.0252. The summed E-state index contributed by atoms with van der Waals surface area (Å²) < 4.78 is 12.0. The molecule has 0 radical (unpaired) electrons. The lowest BCUT2D eigenvalue weighted by molar-refractivity contribution is 0.00578. The zero-order valence-electron chi connectivity index (χ0n) is 13.6. The van der Waals surface area contributed by atoms with Crippen LogP contribution >= 0.6 is 0 Å². The van der Waals surface area contributed by atoms with Crippen molar-refractivity contribution < 1.29 is 9.31 Å². The predicted molar refractivity (Wildman–Crippen MR) is 83.1 cm³/mol. The Morgan fingerprint density at radius 1 is 1.10 bits per heavy atom. The smallest absolute Gasteiger partial charge is 0.399 e. The molecule has 0 atom stereocenters. The first-order valence-electron chi connectivity index (χ1n) is 7.05. The summed E-state index contributed by atoms with van der Waals surface area (Å²) in [4.78, 5) is 4.51. The van der Waals surface area contributed by atoms with E-state index >= 15 is 0 Å². The van der Waals surface area contributed by atoms with Crippen LogP contribution in [0.15, 0.2) is 12.3 Å². The SMILES string of the molecule is CC(C)(C)c1cc(N)c(B2OC(C)(C)C(C)(C)O2)cn1. The van der Waals surface area contributed by atoms with Crippen LogP contribution in [0.4, 0.5) is 5.69 Å². The third-order valence-corrected chi connectivity index (χ3v) is 4.24. The second kappa shape index (κ2) is 4.47. The first-order chi connectivity index (χ1) is 8.94. The van der Waals surface area contributed by atoms with Gasteiger partial charge in [-0.1, -0.05) is 20.8 Å². The molecule has 1 fully saturated rings. The van der Waals surface area contributed by atoms with Gasteiger partial charge in [-0.2, -0.15) is 0 Å². The summed E-state index contributed by atoms with van der Waals surface area (Å²) in [7, 11) is -0.457. The molecule has 1 aromatic rings. The van der Waals surface area contributed by atoms with E-state index in [2.05, 4.69) is 25.8 Å². The third kappa shape index (κ3) is 2.57. The summed E-state index contributed by atoms with van der Waals surface area (Å²) in [6.45, 7) is 14.5. The van der Waals surface area contributed by atoms with Crippen molar-refractivity contribution in [3.63, 3.8) is 0 Å². The number of pyridine rings is 1. The lowest BCUT2D eigenvalue weighted by atomic mass is 9.78. The van der Waals surface area contributed by atoms with Crippen molar-refractivity contribution in [2.75, 3.05) is 5.73 Å². The zero-order chi connectivity index (χ0) is 15.3. The van der Waals surface area contributed by atoms with Crippen LogP contribution in [-0.2, 0) is 14.7 Å². The molecule has 20 heavy (non-hydrogen) atoms. The quantitative estimate of drug-likeness (QED) is 0.799. The summed E-state index contributed by atoms with van der Waals surface area (Å²) in [5.74, 6) is 0. The molecule has 1 aromatic heterocycles. The summed E-state index contributed by atoms with van der Waals surface area (Å²) >= 11 is 0. The minimum Gasteiger partial charge on any atom is -0.399 e. The fraction of sp³-hybridized carbons (Fsp3) is 0.667. The summed E-state index contributed by atoms with van der Waals surface area (Å²) in [6, 6.07) is 1.92. The lowest BCUT2D eigenvalue weighted by Gasteiger charge is -2.32. The zero-order valence-corrected chi connectivity index (χ0v) is 13.6. The predicted octanol–water partition coefficient (Wildman–Crippen LogP) is 2.26. The van der Waals surface area contributed by atoms with Crippen LogP contribution in [0.5, 0.6) is 0 Å². The van der Waals surface area contributed by atoms with Gasteiger partial charge in [0.2, 0.25) is 0 Å². The molecule has 0 saturated carbocycles. The second-order valence-electron chi connectivity index (χ2n) is 7.54. The average Bonchev–Trinajstić information content (AvgIpc) is 2.46. The third-order valence-electron chi connectivity index (χ3n) is 4.24. The largest absolute Gasteiger partial charge is 0.498 e. The van der Waals surface area contributed by atoms with Gasteiger partial charge < -0.3 is 15.0 Å². The Balaban J connectivity index is 2.33. The van der Waals surface area contributed by atoms with Crippen LogP contribution in [0.3, 0.4) is 0 Å². The van der Waals surface area contributed by atoms with Gasteiger partial charge in [0.05, 0.1) is 11.2 Å². The van der Waals surface area contributed by atoms with Crippen LogP contribution in [0.1, 0.15) is 54.2 Å². The number of hydrogen-bond donors (Lipinski definition) is 1. The molecule has 0 aliphatic carbocycles. The summed E-state index contributed by atoms with van der Waals surface area (Å²) in [6.07, 6.45) is 1.78. The van der Waals surface area contributed by atoms with Crippen LogP contribution in [0, 0.1) is 0 Å². The fourth-order valence-corrected chi connectivity index (χ4v) is 2.06. The molecule has 5 heteroatoms. The number of nitrogen functional groups attached to an aromatic ring is 1. The van der Waals surface area contributed by atoms with E-state index in [9.17, 15) is 0 Å². The van der Waals surface area contributed by atoms with Gasteiger partial charge in [-0.05, 0) is 33.8 Å². The van der Waals surface area contributed by atoms with Crippen molar-refractivity contribution >= 4 is 18.3 Å². The number of hydrogen-bond acceptors (Lipinski definition) is 4. The van der Waals surface area contributed by atoms with E-state index in [4.69, 9.17) is 15.0 Å². The molecule has 1 aliphatic rings. The molecule has 1 aliphatic heterocycles. The Morgan fingerprint density at radius 3 is 2.00 bits per heavy atom. The summed E-state index contributed by atoms with van der Waals surface area (Å²) in [5.41, 5.74) is 7.85. The van der Waals surface area contributed by atoms with Gasteiger partial charge >= 0.3 is 7.12 Å². The molecule has 2 heterocycles. The van der Waals surface area contributed by atoms with Crippen molar-refractivity contribution in [2.45, 2.75) is 65.1 Å². The highest BCUT2D eigenvalue weighted by atomic mass is 16.7. The van der Waals surface area contributed by atoms with E-state index in [1.165, 1.54) is 0 Å². The number of rotatable bonds is 1. The van der Waals surface area contributed by atoms with Crippen molar-refractivity contribution in [3.05, 3.63) is 18.0 Å². The lowest BCUT2D eigenvalue weighted by Crippen LogP contribution is -2.41. The molecule has 0 amide bonds. The molecule has 2 rings (SSSR count). The van der Waals surface area contributed by atoms with Crippen molar-refractivity contribution in [3.8, 4) is 0 Å².